The van der Waals surface area contributed by atoms with E-state index in [2.05, 4.69) is 38.1 Å². The molecule has 0 heterocycles. The zero-order valence-corrected chi connectivity index (χ0v) is 14.1. The molecule has 0 aliphatic heterocycles. The average Bonchev–Trinajstić information content (AvgIpc) is 2.34. The van der Waals surface area contributed by atoms with Gasteiger partial charge >= 0.3 is 0 Å². The van der Waals surface area contributed by atoms with E-state index >= 15 is 0 Å². The van der Waals surface area contributed by atoms with Crippen LogP contribution in [0.5, 0.6) is 0 Å². The van der Waals surface area contributed by atoms with Crippen molar-refractivity contribution in [2.45, 2.75) is 45.0 Å². The molecule has 0 saturated heterocycles. The first-order valence-corrected chi connectivity index (χ1v) is 10.2. The Hall–Kier alpha value is -1.15. The molecule has 110 valence electrons. The fourth-order valence-electron chi connectivity index (χ4n) is 2.35. The molecule has 1 unspecified atom stereocenters. The zero-order chi connectivity index (χ0) is 15.4. The van der Waals surface area contributed by atoms with Gasteiger partial charge in [-0.15, -0.1) is 6.58 Å². The number of rotatable bonds is 6. The van der Waals surface area contributed by atoms with Crippen molar-refractivity contribution in [1.82, 2.24) is 0 Å². The van der Waals surface area contributed by atoms with E-state index in [4.69, 9.17) is 9.16 Å². The van der Waals surface area contributed by atoms with E-state index in [1.165, 1.54) is 0 Å². The third-order valence-corrected chi connectivity index (χ3v) is 4.10. The van der Waals surface area contributed by atoms with Gasteiger partial charge in [-0.3, -0.25) is 4.79 Å². The summed E-state index contributed by atoms with van der Waals surface area (Å²) in [5.74, 6) is 5.78. The van der Waals surface area contributed by atoms with E-state index in [1.807, 2.05) is 13.0 Å². The van der Waals surface area contributed by atoms with Crippen molar-refractivity contribution in [3.8, 4) is 11.8 Å². The van der Waals surface area contributed by atoms with Gasteiger partial charge in [0.1, 0.15) is 12.2 Å². The number of hydrogen-bond acceptors (Lipinski definition) is 3. The van der Waals surface area contributed by atoms with E-state index in [1.54, 1.807) is 7.11 Å². The Balaban J connectivity index is 3.07. The third-order valence-electron chi connectivity index (χ3n) is 3.08. The molecule has 1 rings (SSSR count). The van der Waals surface area contributed by atoms with E-state index in [0.717, 1.165) is 18.4 Å². The zero-order valence-electron chi connectivity index (χ0n) is 13.1. The van der Waals surface area contributed by atoms with Crippen LogP contribution in [0.1, 0.15) is 19.8 Å². The van der Waals surface area contributed by atoms with Crippen molar-refractivity contribution in [1.29, 1.82) is 0 Å². The summed E-state index contributed by atoms with van der Waals surface area (Å²) in [6, 6.07) is 0. The molecule has 1 aliphatic carbocycles. The Morgan fingerprint density at radius 3 is 2.55 bits per heavy atom. The summed E-state index contributed by atoms with van der Waals surface area (Å²) in [7, 11) is -0.221. The minimum Gasteiger partial charge on any atom is -0.402 e. The minimum absolute atomic E-state index is 0.00240. The van der Waals surface area contributed by atoms with E-state index in [-0.39, 0.29) is 5.78 Å². The Bertz CT molecular complexity index is 488. The highest BCUT2D eigenvalue weighted by molar-refractivity contribution is 6.70. The van der Waals surface area contributed by atoms with Crippen molar-refractivity contribution in [3.05, 3.63) is 23.8 Å². The molecule has 0 radical (unpaired) electrons. The third kappa shape index (κ3) is 3.69. The van der Waals surface area contributed by atoms with Gasteiger partial charge in [0.05, 0.1) is 5.57 Å². The summed E-state index contributed by atoms with van der Waals surface area (Å²) in [6.07, 6.45) is 3.45. The van der Waals surface area contributed by atoms with Crippen LogP contribution in [-0.4, -0.2) is 33.4 Å². The number of carbonyl (C=O) groups excluding carboxylic acids is 1. The summed E-state index contributed by atoms with van der Waals surface area (Å²) in [5.41, 5.74) is 0.822. The van der Waals surface area contributed by atoms with Gasteiger partial charge in [0.2, 0.25) is 5.78 Å². The summed E-state index contributed by atoms with van der Waals surface area (Å²) >= 11 is 0. The average molecular weight is 292 g/mol. The molecule has 0 saturated carbocycles. The van der Waals surface area contributed by atoms with Crippen molar-refractivity contribution >= 4 is 14.1 Å². The lowest BCUT2D eigenvalue weighted by atomic mass is 9.71. The number of Topliss-reactive ketones (excluding diaryl/α,β-unsaturated/α-hetero) is 1. The lowest BCUT2D eigenvalue weighted by molar-refractivity contribution is -0.130. The second-order valence-electron chi connectivity index (χ2n) is 5.99. The predicted octanol–water partition coefficient (Wildman–Crippen LogP) is 3.09. The summed E-state index contributed by atoms with van der Waals surface area (Å²) in [5, 5.41) is 0. The van der Waals surface area contributed by atoms with Crippen LogP contribution in [0, 0.1) is 11.8 Å². The normalized spacial score (nSPS) is 22.1. The topological polar surface area (TPSA) is 35.5 Å². The molecule has 0 N–H and O–H groups in total. The molecular weight excluding hydrogens is 268 g/mol. The SMILES string of the molecule is C=CCCC1=C(C#CCOC)C(=O)C1(C)O[Si](C)(C)C. The lowest BCUT2D eigenvalue weighted by Crippen LogP contribution is -2.55. The Morgan fingerprint density at radius 2 is 2.05 bits per heavy atom. The van der Waals surface area contributed by atoms with Crippen molar-refractivity contribution < 1.29 is 14.0 Å². The Labute approximate surface area is 123 Å². The predicted molar refractivity (Wildman–Crippen MR) is 84.0 cm³/mol. The van der Waals surface area contributed by atoms with Crippen molar-refractivity contribution in [2.24, 2.45) is 0 Å². The molecule has 20 heavy (non-hydrogen) atoms. The quantitative estimate of drug-likeness (QED) is 0.429. The van der Waals surface area contributed by atoms with Crippen molar-refractivity contribution in [2.75, 3.05) is 13.7 Å². The van der Waals surface area contributed by atoms with Crippen LogP contribution >= 0.6 is 0 Å². The molecule has 0 amide bonds. The molecule has 0 aromatic heterocycles. The van der Waals surface area contributed by atoms with Crippen LogP contribution in [0.25, 0.3) is 0 Å². The van der Waals surface area contributed by atoms with Crippen LogP contribution in [0.4, 0.5) is 0 Å². The molecule has 0 aromatic carbocycles. The highest BCUT2D eigenvalue weighted by Gasteiger charge is 2.51. The molecule has 0 aromatic rings. The molecule has 0 bridgehead atoms. The summed E-state index contributed by atoms with van der Waals surface area (Å²) < 4.78 is 11.0. The van der Waals surface area contributed by atoms with E-state index < -0.39 is 13.9 Å². The second kappa shape index (κ2) is 6.53. The second-order valence-corrected chi connectivity index (χ2v) is 10.4. The van der Waals surface area contributed by atoms with Gasteiger partial charge in [0, 0.05) is 7.11 Å². The number of hydrogen-bond donors (Lipinski definition) is 0. The highest BCUT2D eigenvalue weighted by Crippen LogP contribution is 2.42. The number of ether oxygens (including phenoxy) is 1. The first-order valence-electron chi connectivity index (χ1n) is 6.83. The minimum atomic E-state index is -1.81. The van der Waals surface area contributed by atoms with Gasteiger partial charge in [0.15, 0.2) is 8.32 Å². The molecule has 3 nitrogen and oxygen atoms in total. The number of allylic oxidation sites excluding steroid dienone is 1. The molecule has 1 aliphatic rings. The van der Waals surface area contributed by atoms with Crippen LogP contribution in [-0.2, 0) is 14.0 Å². The van der Waals surface area contributed by atoms with Gasteiger partial charge < -0.3 is 9.16 Å². The maximum atomic E-state index is 12.4. The van der Waals surface area contributed by atoms with Gasteiger partial charge in [-0.1, -0.05) is 17.9 Å². The molecular formula is C16H24O3Si. The molecule has 0 fully saturated rings. The Kier molecular flexibility index (Phi) is 5.52. The maximum absolute atomic E-state index is 12.4. The van der Waals surface area contributed by atoms with Crippen LogP contribution in [0.3, 0.4) is 0 Å². The summed E-state index contributed by atoms with van der Waals surface area (Å²) in [6.45, 7) is 12.2. The first-order chi connectivity index (χ1) is 9.26. The largest absolute Gasteiger partial charge is 0.402 e. The highest BCUT2D eigenvalue weighted by atomic mass is 28.4. The molecule has 1 atom stereocenters. The first kappa shape index (κ1) is 16.9. The molecule has 4 heteroatoms. The fraction of sp³-hybridized carbons (Fsp3) is 0.562. The number of ketones is 1. The van der Waals surface area contributed by atoms with Gasteiger partial charge in [-0.2, -0.15) is 0 Å². The van der Waals surface area contributed by atoms with Gasteiger partial charge in [0.25, 0.3) is 0 Å². The van der Waals surface area contributed by atoms with E-state index in [0.29, 0.717) is 12.2 Å². The van der Waals surface area contributed by atoms with Crippen LogP contribution < -0.4 is 0 Å². The summed E-state index contributed by atoms with van der Waals surface area (Å²) in [4.78, 5) is 12.4. The van der Waals surface area contributed by atoms with Gasteiger partial charge in [-0.05, 0) is 45.0 Å². The lowest BCUT2D eigenvalue weighted by Gasteiger charge is -2.43. The van der Waals surface area contributed by atoms with E-state index in [9.17, 15) is 4.79 Å². The smallest absolute Gasteiger partial charge is 0.205 e. The van der Waals surface area contributed by atoms with Gasteiger partial charge in [-0.25, -0.2) is 0 Å². The monoisotopic (exact) mass is 292 g/mol. The number of carbonyl (C=O) groups is 1. The van der Waals surface area contributed by atoms with Crippen molar-refractivity contribution in [3.63, 3.8) is 0 Å². The Morgan fingerprint density at radius 1 is 1.40 bits per heavy atom. The van der Waals surface area contributed by atoms with Crippen LogP contribution in [0.2, 0.25) is 19.6 Å². The standard InChI is InChI=1S/C16H24O3Si/c1-7-8-11-14-13(10-9-12-18-3)15(17)16(14,2)19-20(4,5)6/h7H,1,8,11-12H2,2-6H3. The maximum Gasteiger partial charge on any atom is 0.205 e. The number of methoxy groups -OCH3 is 1. The molecule has 0 spiro atoms. The fourth-order valence-corrected chi connectivity index (χ4v) is 3.79. The van der Waals surface area contributed by atoms with Crippen LogP contribution in [0.15, 0.2) is 23.8 Å².